The number of likely N-dealkylation sites (tertiary alicyclic amines) is 1. The van der Waals surface area contributed by atoms with Gasteiger partial charge in [-0.25, -0.2) is 0 Å². The van der Waals surface area contributed by atoms with Crippen LogP contribution in [0.4, 0.5) is 11.4 Å². The minimum absolute atomic E-state index is 1.13. The SMILES string of the molecule is c1ccc2c(c1)CCc1ccccc1N2CCCCN1CCCC1. The Kier molecular flexibility index (Phi) is 4.84. The number of hydrogen-bond acceptors (Lipinski definition) is 2. The van der Waals surface area contributed by atoms with E-state index in [2.05, 4.69) is 58.3 Å². The Morgan fingerprint density at radius 1 is 0.667 bits per heavy atom. The summed E-state index contributed by atoms with van der Waals surface area (Å²) in [5.41, 5.74) is 5.83. The van der Waals surface area contributed by atoms with Crippen LogP contribution in [0.25, 0.3) is 0 Å². The van der Waals surface area contributed by atoms with E-state index in [4.69, 9.17) is 0 Å². The van der Waals surface area contributed by atoms with Gasteiger partial charge in [0, 0.05) is 17.9 Å². The van der Waals surface area contributed by atoms with Crippen molar-refractivity contribution in [2.45, 2.75) is 38.5 Å². The molecule has 1 fully saturated rings. The lowest BCUT2D eigenvalue weighted by Crippen LogP contribution is -2.23. The quantitative estimate of drug-likeness (QED) is 0.730. The summed E-state index contributed by atoms with van der Waals surface area (Å²) in [4.78, 5) is 5.20. The van der Waals surface area contributed by atoms with Crippen LogP contribution in [0.3, 0.4) is 0 Å². The zero-order chi connectivity index (χ0) is 16.2. The Balaban J connectivity index is 1.49. The first-order valence-electron chi connectivity index (χ1n) is 9.57. The van der Waals surface area contributed by atoms with Gasteiger partial charge in [-0.3, -0.25) is 0 Å². The van der Waals surface area contributed by atoms with Gasteiger partial charge >= 0.3 is 0 Å². The lowest BCUT2D eigenvalue weighted by Gasteiger charge is -2.27. The van der Waals surface area contributed by atoms with Crippen molar-refractivity contribution in [1.29, 1.82) is 0 Å². The second-order valence-corrected chi connectivity index (χ2v) is 7.16. The number of unbranched alkanes of at least 4 members (excludes halogenated alkanes) is 1. The molecule has 2 aliphatic rings. The Morgan fingerprint density at radius 3 is 1.83 bits per heavy atom. The highest BCUT2D eigenvalue weighted by Gasteiger charge is 2.19. The number of para-hydroxylation sites is 2. The molecule has 0 N–H and O–H groups in total. The summed E-state index contributed by atoms with van der Waals surface area (Å²) < 4.78 is 0. The molecule has 0 spiro atoms. The zero-order valence-corrected chi connectivity index (χ0v) is 14.6. The third-order valence-electron chi connectivity index (χ3n) is 5.53. The molecular weight excluding hydrogens is 292 g/mol. The van der Waals surface area contributed by atoms with E-state index in [-0.39, 0.29) is 0 Å². The largest absolute Gasteiger partial charge is 0.341 e. The average molecular weight is 320 g/mol. The van der Waals surface area contributed by atoms with Crippen LogP contribution >= 0.6 is 0 Å². The monoisotopic (exact) mass is 320 g/mol. The van der Waals surface area contributed by atoms with Crippen molar-refractivity contribution in [1.82, 2.24) is 4.90 Å². The van der Waals surface area contributed by atoms with Crippen molar-refractivity contribution < 1.29 is 0 Å². The Morgan fingerprint density at radius 2 is 1.21 bits per heavy atom. The van der Waals surface area contributed by atoms with Gasteiger partial charge < -0.3 is 9.80 Å². The number of anilines is 2. The molecule has 2 aliphatic heterocycles. The highest BCUT2D eigenvalue weighted by atomic mass is 15.1. The molecule has 0 aliphatic carbocycles. The van der Waals surface area contributed by atoms with E-state index in [1.165, 1.54) is 67.8 Å². The molecule has 0 bridgehead atoms. The highest BCUT2D eigenvalue weighted by molar-refractivity contribution is 5.71. The standard InChI is InChI=1S/C22H28N2/c1-3-11-21-19(9-1)13-14-20-10-2-4-12-22(20)24(21)18-8-7-17-23-15-5-6-16-23/h1-4,9-12H,5-8,13-18H2. The highest BCUT2D eigenvalue weighted by Crippen LogP contribution is 2.35. The molecule has 0 unspecified atom stereocenters. The molecule has 0 aromatic heterocycles. The van der Waals surface area contributed by atoms with Gasteiger partial charge in [0.05, 0.1) is 0 Å². The number of benzene rings is 2. The molecule has 2 aromatic rings. The molecule has 126 valence electrons. The van der Waals surface area contributed by atoms with Crippen LogP contribution in [0.1, 0.15) is 36.8 Å². The Hall–Kier alpha value is -1.80. The van der Waals surface area contributed by atoms with E-state index in [9.17, 15) is 0 Å². The number of hydrogen-bond donors (Lipinski definition) is 0. The summed E-state index contributed by atoms with van der Waals surface area (Å²) in [5.74, 6) is 0. The first-order valence-corrected chi connectivity index (χ1v) is 9.57. The summed E-state index contributed by atoms with van der Waals surface area (Å²) in [6.45, 7) is 5.03. The smallest absolute Gasteiger partial charge is 0.0443 e. The van der Waals surface area contributed by atoms with Crippen molar-refractivity contribution in [3.05, 3.63) is 59.7 Å². The first kappa shape index (κ1) is 15.7. The first-order chi connectivity index (χ1) is 11.9. The van der Waals surface area contributed by atoms with Crippen LogP contribution in [0.2, 0.25) is 0 Å². The van der Waals surface area contributed by atoms with Crippen molar-refractivity contribution in [2.75, 3.05) is 31.1 Å². The third-order valence-corrected chi connectivity index (χ3v) is 5.53. The molecule has 0 saturated carbocycles. The topological polar surface area (TPSA) is 6.48 Å². The molecule has 2 aromatic carbocycles. The number of aryl methyl sites for hydroxylation is 2. The van der Waals surface area contributed by atoms with Crippen LogP contribution in [-0.2, 0) is 12.8 Å². The van der Waals surface area contributed by atoms with Gasteiger partial charge in [-0.1, -0.05) is 36.4 Å². The van der Waals surface area contributed by atoms with Gasteiger partial charge in [-0.05, 0) is 81.4 Å². The van der Waals surface area contributed by atoms with E-state index >= 15 is 0 Å². The minimum Gasteiger partial charge on any atom is -0.341 e. The fraction of sp³-hybridized carbons (Fsp3) is 0.455. The predicted molar refractivity (Wildman–Crippen MR) is 102 cm³/mol. The van der Waals surface area contributed by atoms with Crippen molar-refractivity contribution in [3.8, 4) is 0 Å². The average Bonchev–Trinajstić information content (AvgIpc) is 3.09. The molecule has 1 saturated heterocycles. The minimum atomic E-state index is 1.13. The summed E-state index contributed by atoms with van der Waals surface area (Å²) in [7, 11) is 0. The molecule has 0 radical (unpaired) electrons. The van der Waals surface area contributed by atoms with Crippen LogP contribution in [0.5, 0.6) is 0 Å². The maximum Gasteiger partial charge on any atom is 0.0443 e. The van der Waals surface area contributed by atoms with Gasteiger partial charge in [0.1, 0.15) is 0 Å². The Bertz CT molecular complexity index is 626. The summed E-state index contributed by atoms with van der Waals surface area (Å²) in [5, 5.41) is 0. The van der Waals surface area contributed by atoms with Crippen LogP contribution < -0.4 is 4.90 Å². The summed E-state index contributed by atoms with van der Waals surface area (Å²) in [6.07, 6.45) is 7.66. The molecule has 2 nitrogen and oxygen atoms in total. The maximum absolute atomic E-state index is 2.63. The number of fused-ring (bicyclic) bond motifs is 2. The number of nitrogens with zero attached hydrogens (tertiary/aromatic N) is 2. The van der Waals surface area contributed by atoms with E-state index in [1.54, 1.807) is 0 Å². The fourth-order valence-corrected chi connectivity index (χ4v) is 4.22. The zero-order valence-electron chi connectivity index (χ0n) is 14.6. The second-order valence-electron chi connectivity index (χ2n) is 7.16. The van der Waals surface area contributed by atoms with E-state index < -0.39 is 0 Å². The predicted octanol–water partition coefficient (Wildman–Crippen LogP) is 4.80. The Labute approximate surface area is 146 Å². The molecule has 2 heteroatoms. The van der Waals surface area contributed by atoms with Gasteiger partial charge in [-0.2, -0.15) is 0 Å². The molecular formula is C22H28N2. The van der Waals surface area contributed by atoms with Crippen LogP contribution in [0.15, 0.2) is 48.5 Å². The van der Waals surface area contributed by atoms with Gasteiger partial charge in [-0.15, -0.1) is 0 Å². The summed E-state index contributed by atoms with van der Waals surface area (Å²) in [6, 6.07) is 17.9. The molecule has 24 heavy (non-hydrogen) atoms. The third kappa shape index (κ3) is 3.34. The van der Waals surface area contributed by atoms with E-state index in [0.717, 1.165) is 19.4 Å². The van der Waals surface area contributed by atoms with Crippen molar-refractivity contribution in [2.24, 2.45) is 0 Å². The van der Waals surface area contributed by atoms with E-state index in [0.29, 0.717) is 0 Å². The molecule has 4 rings (SSSR count). The van der Waals surface area contributed by atoms with Gasteiger partial charge in [0.2, 0.25) is 0 Å². The molecule has 2 heterocycles. The van der Waals surface area contributed by atoms with Gasteiger partial charge in [0.25, 0.3) is 0 Å². The van der Waals surface area contributed by atoms with Gasteiger partial charge in [0.15, 0.2) is 0 Å². The van der Waals surface area contributed by atoms with Crippen molar-refractivity contribution >= 4 is 11.4 Å². The second kappa shape index (κ2) is 7.40. The lowest BCUT2D eigenvalue weighted by molar-refractivity contribution is 0.331. The molecule has 0 amide bonds. The lowest BCUT2D eigenvalue weighted by atomic mass is 10.0. The van der Waals surface area contributed by atoms with E-state index in [1.807, 2.05) is 0 Å². The van der Waals surface area contributed by atoms with Crippen LogP contribution in [-0.4, -0.2) is 31.1 Å². The van der Waals surface area contributed by atoms with Crippen molar-refractivity contribution in [3.63, 3.8) is 0 Å². The normalized spacial score (nSPS) is 17.4. The summed E-state index contributed by atoms with van der Waals surface area (Å²) >= 11 is 0. The van der Waals surface area contributed by atoms with Crippen LogP contribution in [0, 0.1) is 0 Å². The molecule has 0 atom stereocenters. The maximum atomic E-state index is 2.63. The number of rotatable bonds is 5. The fourth-order valence-electron chi connectivity index (χ4n) is 4.22.